The van der Waals surface area contributed by atoms with Gasteiger partial charge in [-0.1, -0.05) is 6.07 Å². The molecule has 1 saturated heterocycles. The fourth-order valence-corrected chi connectivity index (χ4v) is 4.39. The van der Waals surface area contributed by atoms with Crippen LogP contribution in [0.2, 0.25) is 0 Å². The first-order valence-electron chi connectivity index (χ1n) is 7.80. The molecule has 2 amide bonds. The number of carbonyl (C=O) groups excluding carboxylic acids is 2. The number of thiophene rings is 2. The quantitative estimate of drug-likeness (QED) is 0.920. The number of aryl methyl sites for hydroxylation is 1. The summed E-state index contributed by atoms with van der Waals surface area (Å²) in [4.78, 5) is 27.7. The molecule has 1 N–H and O–H groups in total. The van der Waals surface area contributed by atoms with Crippen molar-refractivity contribution in [3.63, 3.8) is 0 Å². The lowest BCUT2D eigenvalue weighted by molar-refractivity contribution is -0.126. The molecule has 23 heavy (non-hydrogen) atoms. The SMILES string of the molecule is Cc1cscc1CNC(=O)[C@@H]1CCCCN1C(=O)c1cccs1. The van der Waals surface area contributed by atoms with Gasteiger partial charge in [-0.2, -0.15) is 11.3 Å². The van der Waals surface area contributed by atoms with Crippen LogP contribution < -0.4 is 5.32 Å². The summed E-state index contributed by atoms with van der Waals surface area (Å²) in [6.45, 7) is 3.24. The van der Waals surface area contributed by atoms with Crippen molar-refractivity contribution in [2.45, 2.75) is 38.8 Å². The van der Waals surface area contributed by atoms with E-state index >= 15 is 0 Å². The van der Waals surface area contributed by atoms with Crippen LogP contribution in [0.15, 0.2) is 28.3 Å². The molecule has 0 spiro atoms. The van der Waals surface area contributed by atoms with Crippen molar-refractivity contribution in [3.8, 4) is 0 Å². The van der Waals surface area contributed by atoms with Crippen molar-refractivity contribution in [3.05, 3.63) is 44.3 Å². The van der Waals surface area contributed by atoms with E-state index in [1.807, 2.05) is 24.4 Å². The smallest absolute Gasteiger partial charge is 0.264 e. The highest BCUT2D eigenvalue weighted by Gasteiger charge is 2.32. The first-order chi connectivity index (χ1) is 11.2. The maximum absolute atomic E-state index is 12.6. The highest BCUT2D eigenvalue weighted by atomic mass is 32.1. The topological polar surface area (TPSA) is 49.4 Å². The fraction of sp³-hybridized carbons (Fsp3) is 0.412. The molecule has 0 bridgehead atoms. The maximum Gasteiger partial charge on any atom is 0.264 e. The van der Waals surface area contributed by atoms with Crippen LogP contribution in [-0.2, 0) is 11.3 Å². The normalized spacial score (nSPS) is 18.0. The number of hydrogen-bond acceptors (Lipinski definition) is 4. The van der Waals surface area contributed by atoms with E-state index in [9.17, 15) is 9.59 Å². The molecule has 6 heteroatoms. The van der Waals surface area contributed by atoms with E-state index in [1.54, 1.807) is 16.2 Å². The third-order valence-electron chi connectivity index (χ3n) is 4.21. The van der Waals surface area contributed by atoms with Crippen molar-refractivity contribution in [1.82, 2.24) is 10.2 Å². The summed E-state index contributed by atoms with van der Waals surface area (Å²) in [7, 11) is 0. The van der Waals surface area contributed by atoms with Gasteiger partial charge in [-0.05, 0) is 59.5 Å². The van der Waals surface area contributed by atoms with Gasteiger partial charge in [0.25, 0.3) is 5.91 Å². The molecule has 1 aliphatic heterocycles. The van der Waals surface area contributed by atoms with Crippen LogP contribution in [0.1, 0.15) is 40.1 Å². The van der Waals surface area contributed by atoms with Crippen LogP contribution in [0.5, 0.6) is 0 Å². The van der Waals surface area contributed by atoms with Crippen LogP contribution in [-0.4, -0.2) is 29.3 Å². The Bertz CT molecular complexity index is 679. The second-order valence-corrected chi connectivity index (χ2v) is 7.48. The average molecular weight is 348 g/mol. The van der Waals surface area contributed by atoms with Gasteiger partial charge in [0.15, 0.2) is 0 Å². The summed E-state index contributed by atoms with van der Waals surface area (Å²) in [6, 6.07) is 3.35. The van der Waals surface area contributed by atoms with E-state index < -0.39 is 0 Å². The summed E-state index contributed by atoms with van der Waals surface area (Å²) in [5.41, 5.74) is 2.35. The van der Waals surface area contributed by atoms with Crippen LogP contribution in [0.25, 0.3) is 0 Å². The molecule has 0 aliphatic carbocycles. The number of nitrogens with one attached hydrogen (secondary N) is 1. The molecule has 1 atom stereocenters. The van der Waals surface area contributed by atoms with Crippen LogP contribution >= 0.6 is 22.7 Å². The van der Waals surface area contributed by atoms with Crippen molar-refractivity contribution in [2.75, 3.05) is 6.54 Å². The number of amides is 2. The Balaban J connectivity index is 1.67. The predicted octanol–water partition coefficient (Wildman–Crippen LogP) is 3.43. The second-order valence-electron chi connectivity index (χ2n) is 5.79. The van der Waals surface area contributed by atoms with E-state index in [0.717, 1.165) is 24.8 Å². The van der Waals surface area contributed by atoms with Gasteiger partial charge in [0.2, 0.25) is 5.91 Å². The van der Waals surface area contributed by atoms with Crippen LogP contribution in [0.4, 0.5) is 0 Å². The lowest BCUT2D eigenvalue weighted by atomic mass is 10.0. The van der Waals surface area contributed by atoms with Crippen LogP contribution in [0.3, 0.4) is 0 Å². The average Bonchev–Trinajstić information content (AvgIpc) is 3.24. The number of nitrogens with zero attached hydrogens (tertiary/aromatic N) is 1. The number of rotatable bonds is 4. The van der Waals surface area contributed by atoms with Gasteiger partial charge in [0, 0.05) is 13.1 Å². The highest BCUT2D eigenvalue weighted by molar-refractivity contribution is 7.12. The molecule has 1 aliphatic rings. The molecule has 3 heterocycles. The van der Waals surface area contributed by atoms with Crippen LogP contribution in [0, 0.1) is 6.92 Å². The van der Waals surface area contributed by atoms with Gasteiger partial charge in [-0.3, -0.25) is 9.59 Å². The van der Waals surface area contributed by atoms with Gasteiger partial charge in [0.05, 0.1) is 4.88 Å². The summed E-state index contributed by atoms with van der Waals surface area (Å²) < 4.78 is 0. The van der Waals surface area contributed by atoms with Gasteiger partial charge in [-0.25, -0.2) is 0 Å². The van der Waals surface area contributed by atoms with Gasteiger partial charge < -0.3 is 10.2 Å². The Morgan fingerprint density at radius 2 is 2.22 bits per heavy atom. The van der Waals surface area contributed by atoms with Gasteiger partial charge >= 0.3 is 0 Å². The molecule has 1 fully saturated rings. The fourth-order valence-electron chi connectivity index (χ4n) is 2.86. The molecule has 122 valence electrons. The summed E-state index contributed by atoms with van der Waals surface area (Å²) in [6.07, 6.45) is 2.69. The summed E-state index contributed by atoms with van der Waals surface area (Å²) in [5.74, 6) is -0.0632. The first kappa shape index (κ1) is 16.2. The summed E-state index contributed by atoms with van der Waals surface area (Å²) in [5, 5.41) is 9.04. The largest absolute Gasteiger partial charge is 0.350 e. The van der Waals surface area contributed by atoms with Gasteiger partial charge in [-0.15, -0.1) is 11.3 Å². The number of piperidine rings is 1. The van der Waals surface area contributed by atoms with Crippen molar-refractivity contribution in [1.29, 1.82) is 0 Å². The maximum atomic E-state index is 12.6. The first-order valence-corrected chi connectivity index (χ1v) is 9.63. The zero-order valence-electron chi connectivity index (χ0n) is 13.1. The Morgan fingerprint density at radius 3 is 2.91 bits per heavy atom. The predicted molar refractivity (Wildman–Crippen MR) is 93.9 cm³/mol. The Labute approximate surface area is 144 Å². The monoisotopic (exact) mass is 348 g/mol. The molecule has 4 nitrogen and oxygen atoms in total. The molecule has 0 radical (unpaired) electrons. The zero-order chi connectivity index (χ0) is 16.2. The summed E-state index contributed by atoms with van der Waals surface area (Å²) >= 11 is 3.07. The van der Waals surface area contributed by atoms with Crippen molar-refractivity contribution in [2.24, 2.45) is 0 Å². The van der Waals surface area contributed by atoms with E-state index in [-0.39, 0.29) is 17.9 Å². The second kappa shape index (κ2) is 7.27. The van der Waals surface area contributed by atoms with E-state index in [4.69, 9.17) is 0 Å². The Morgan fingerprint density at radius 1 is 1.35 bits per heavy atom. The highest BCUT2D eigenvalue weighted by Crippen LogP contribution is 2.22. The number of carbonyl (C=O) groups is 2. The lowest BCUT2D eigenvalue weighted by Gasteiger charge is -2.34. The van der Waals surface area contributed by atoms with Gasteiger partial charge in [0.1, 0.15) is 6.04 Å². The van der Waals surface area contributed by atoms with Crippen molar-refractivity contribution >= 4 is 34.5 Å². The standard InChI is InChI=1S/C17H20N2O2S2/c1-12-10-22-11-13(12)9-18-16(20)14-5-2-3-7-19(14)17(21)15-6-4-8-23-15/h4,6,8,10-11,14H,2-3,5,7,9H2,1H3,(H,18,20)/t14-/m0/s1. The molecular weight excluding hydrogens is 328 g/mol. The molecule has 0 saturated carbocycles. The van der Waals surface area contributed by atoms with E-state index in [1.165, 1.54) is 16.9 Å². The molecule has 3 rings (SSSR count). The molecule has 2 aromatic rings. The third kappa shape index (κ3) is 3.64. The van der Waals surface area contributed by atoms with E-state index in [2.05, 4.69) is 16.1 Å². The Hall–Kier alpha value is -1.66. The molecule has 0 unspecified atom stereocenters. The molecule has 0 aromatic carbocycles. The van der Waals surface area contributed by atoms with E-state index in [0.29, 0.717) is 18.0 Å². The minimum Gasteiger partial charge on any atom is -0.350 e. The zero-order valence-corrected chi connectivity index (χ0v) is 14.7. The third-order valence-corrected chi connectivity index (χ3v) is 5.98. The molecular formula is C17H20N2O2S2. The minimum absolute atomic E-state index is 0.0217. The number of likely N-dealkylation sites (tertiary alicyclic amines) is 1. The Kier molecular flexibility index (Phi) is 5.13. The molecule has 2 aromatic heterocycles. The lowest BCUT2D eigenvalue weighted by Crippen LogP contribution is -2.51. The number of hydrogen-bond donors (Lipinski definition) is 1. The minimum atomic E-state index is -0.350. The van der Waals surface area contributed by atoms with Crippen molar-refractivity contribution < 1.29 is 9.59 Å².